The largest absolute Gasteiger partial charge is 0.454 e. The first-order chi connectivity index (χ1) is 12.9. The number of anilines is 1. The summed E-state index contributed by atoms with van der Waals surface area (Å²) in [5, 5.41) is 2.82. The zero-order valence-electron chi connectivity index (χ0n) is 14.5. The Kier molecular flexibility index (Phi) is 4.84. The molecule has 9 heteroatoms. The van der Waals surface area contributed by atoms with Gasteiger partial charge >= 0.3 is 0 Å². The summed E-state index contributed by atoms with van der Waals surface area (Å²) < 4.78 is 33.3. The topological polar surface area (TPSA) is 75.7 Å². The fourth-order valence-electron chi connectivity index (χ4n) is 3.06. The van der Waals surface area contributed by atoms with E-state index in [0.29, 0.717) is 24.5 Å². The van der Waals surface area contributed by atoms with Crippen LogP contribution >= 0.6 is 23.4 Å². The number of fused-ring (bicyclic) bond motifs is 2. The zero-order chi connectivity index (χ0) is 19.2. The van der Waals surface area contributed by atoms with E-state index in [1.165, 1.54) is 16.4 Å². The molecule has 2 aliphatic rings. The van der Waals surface area contributed by atoms with Crippen molar-refractivity contribution < 1.29 is 17.9 Å². The highest BCUT2D eigenvalue weighted by Crippen LogP contribution is 2.40. The van der Waals surface area contributed by atoms with Crippen molar-refractivity contribution in [2.24, 2.45) is 0 Å². The van der Waals surface area contributed by atoms with Crippen LogP contribution in [0.25, 0.3) is 0 Å². The molecule has 1 amide bonds. The number of nitrogens with one attached hydrogen (secondary N) is 1. The summed E-state index contributed by atoms with van der Waals surface area (Å²) in [7, 11) is -3.78. The summed E-state index contributed by atoms with van der Waals surface area (Å²) in [4.78, 5) is 12.6. The number of nitrogens with zero attached hydrogens (tertiary/aromatic N) is 1. The molecule has 4 rings (SSSR count). The van der Waals surface area contributed by atoms with E-state index in [0.717, 1.165) is 17.1 Å². The Balaban J connectivity index is 1.79. The summed E-state index contributed by atoms with van der Waals surface area (Å²) in [6, 6.07) is 8.12. The Morgan fingerprint density at radius 2 is 1.89 bits per heavy atom. The highest BCUT2D eigenvalue weighted by Gasteiger charge is 2.31. The first kappa shape index (κ1) is 18.6. The molecule has 0 spiro atoms. The third kappa shape index (κ3) is 3.42. The van der Waals surface area contributed by atoms with Gasteiger partial charge in [0.15, 0.2) is 5.75 Å². The van der Waals surface area contributed by atoms with Gasteiger partial charge in [0, 0.05) is 30.7 Å². The maximum absolute atomic E-state index is 13.0. The number of hydrogen-bond donors (Lipinski definition) is 1. The predicted octanol–water partition coefficient (Wildman–Crippen LogP) is 3.74. The maximum atomic E-state index is 13.0. The van der Waals surface area contributed by atoms with Crippen LogP contribution < -0.4 is 10.1 Å². The van der Waals surface area contributed by atoms with Crippen LogP contribution in [-0.2, 0) is 10.0 Å². The van der Waals surface area contributed by atoms with Crippen LogP contribution in [0.4, 0.5) is 5.69 Å². The lowest BCUT2D eigenvalue weighted by Crippen LogP contribution is -2.38. The highest BCUT2D eigenvalue weighted by atomic mass is 35.5. The summed E-state index contributed by atoms with van der Waals surface area (Å²) in [5.74, 6) is 1.75. The Morgan fingerprint density at radius 1 is 1.15 bits per heavy atom. The van der Waals surface area contributed by atoms with E-state index >= 15 is 0 Å². The molecule has 0 unspecified atom stereocenters. The Hall–Kier alpha value is -1.74. The highest BCUT2D eigenvalue weighted by molar-refractivity contribution is 7.99. The first-order valence-electron chi connectivity index (χ1n) is 8.37. The average Bonchev–Trinajstić information content (AvgIpc) is 2.77. The minimum absolute atomic E-state index is 0.0374. The molecule has 27 heavy (non-hydrogen) atoms. The molecule has 0 bridgehead atoms. The number of benzene rings is 2. The Labute approximate surface area is 166 Å². The second-order valence-electron chi connectivity index (χ2n) is 6.35. The van der Waals surface area contributed by atoms with Gasteiger partial charge in [0.25, 0.3) is 5.91 Å². The van der Waals surface area contributed by atoms with E-state index in [1.807, 2.05) is 13.0 Å². The Morgan fingerprint density at radius 3 is 2.63 bits per heavy atom. The molecule has 0 aromatic heterocycles. The smallest absolute Gasteiger partial charge is 0.259 e. The quantitative estimate of drug-likeness (QED) is 0.794. The SMILES string of the molecule is Cc1ccc2c(c1)NC(=O)c1cc(S(=O)(=O)N3CCSCC3)c(Cl)cc1O2. The van der Waals surface area contributed by atoms with Crippen LogP contribution in [0.3, 0.4) is 0 Å². The van der Waals surface area contributed by atoms with Crippen molar-refractivity contribution in [3.05, 3.63) is 46.5 Å². The van der Waals surface area contributed by atoms with Gasteiger partial charge < -0.3 is 10.1 Å². The van der Waals surface area contributed by atoms with Crippen LogP contribution in [0.5, 0.6) is 11.5 Å². The second kappa shape index (κ2) is 7.01. The van der Waals surface area contributed by atoms with Gasteiger partial charge in [-0.25, -0.2) is 8.42 Å². The zero-order valence-corrected chi connectivity index (χ0v) is 16.9. The summed E-state index contributed by atoms with van der Waals surface area (Å²) in [6.45, 7) is 2.75. The number of aryl methyl sites for hydroxylation is 1. The number of carbonyl (C=O) groups is 1. The average molecular weight is 425 g/mol. The van der Waals surface area contributed by atoms with E-state index in [-0.39, 0.29) is 21.2 Å². The van der Waals surface area contributed by atoms with Crippen molar-refractivity contribution in [1.29, 1.82) is 0 Å². The molecular formula is C18H17ClN2O4S2. The van der Waals surface area contributed by atoms with Gasteiger partial charge in [0.05, 0.1) is 16.3 Å². The number of carbonyl (C=O) groups excluding carboxylic acids is 1. The van der Waals surface area contributed by atoms with E-state index in [9.17, 15) is 13.2 Å². The fourth-order valence-corrected chi connectivity index (χ4v) is 6.15. The van der Waals surface area contributed by atoms with Gasteiger partial charge in [0.2, 0.25) is 10.0 Å². The number of hydrogen-bond acceptors (Lipinski definition) is 5. The maximum Gasteiger partial charge on any atom is 0.259 e. The predicted molar refractivity (Wildman–Crippen MR) is 107 cm³/mol. The number of sulfonamides is 1. The molecule has 0 radical (unpaired) electrons. The van der Waals surface area contributed by atoms with Gasteiger partial charge in [-0.1, -0.05) is 17.7 Å². The first-order valence-corrected chi connectivity index (χ1v) is 11.3. The molecule has 2 heterocycles. The molecule has 6 nitrogen and oxygen atoms in total. The lowest BCUT2D eigenvalue weighted by molar-refractivity contribution is 0.102. The standard InChI is InChI=1S/C18H17ClN2O4S2/c1-11-2-3-15-14(8-11)20-18(22)12-9-17(13(19)10-16(12)25-15)27(23,24)21-4-6-26-7-5-21/h2-3,8-10H,4-7H2,1H3,(H,20,22). The normalized spacial score (nSPS) is 17.3. The molecule has 0 saturated carbocycles. The van der Waals surface area contributed by atoms with Gasteiger partial charge in [-0.05, 0) is 30.7 Å². The van der Waals surface area contributed by atoms with E-state index < -0.39 is 15.9 Å². The van der Waals surface area contributed by atoms with Gasteiger partial charge in [-0.2, -0.15) is 16.1 Å². The summed E-state index contributed by atoms with van der Waals surface area (Å²) in [5.41, 5.74) is 1.64. The number of ether oxygens (including phenoxy) is 1. The molecular weight excluding hydrogens is 408 g/mol. The molecule has 2 aromatic carbocycles. The van der Waals surface area contributed by atoms with Gasteiger partial charge in [0.1, 0.15) is 10.6 Å². The lowest BCUT2D eigenvalue weighted by atomic mass is 10.2. The van der Waals surface area contributed by atoms with Crippen LogP contribution in [-0.4, -0.2) is 43.2 Å². The third-order valence-electron chi connectivity index (χ3n) is 4.47. The minimum atomic E-state index is -3.78. The minimum Gasteiger partial charge on any atom is -0.454 e. The van der Waals surface area contributed by atoms with Crippen molar-refractivity contribution in [3.63, 3.8) is 0 Å². The van der Waals surface area contributed by atoms with Crippen LogP contribution in [0, 0.1) is 6.92 Å². The molecule has 1 N–H and O–H groups in total. The summed E-state index contributed by atoms with van der Waals surface area (Å²) in [6.07, 6.45) is 0. The number of thioether (sulfide) groups is 1. The molecule has 2 aromatic rings. The van der Waals surface area contributed by atoms with Crippen molar-refractivity contribution in [1.82, 2.24) is 4.31 Å². The van der Waals surface area contributed by atoms with Gasteiger partial charge in [-0.3, -0.25) is 4.79 Å². The molecule has 142 valence electrons. The second-order valence-corrected chi connectivity index (χ2v) is 9.89. The van der Waals surface area contributed by atoms with Crippen LogP contribution in [0.15, 0.2) is 35.2 Å². The fraction of sp³-hybridized carbons (Fsp3) is 0.278. The van der Waals surface area contributed by atoms with Crippen LogP contribution in [0.2, 0.25) is 5.02 Å². The number of rotatable bonds is 2. The van der Waals surface area contributed by atoms with E-state index in [4.69, 9.17) is 16.3 Å². The van der Waals surface area contributed by atoms with Gasteiger partial charge in [-0.15, -0.1) is 0 Å². The van der Waals surface area contributed by atoms with Crippen molar-refractivity contribution in [3.8, 4) is 11.5 Å². The van der Waals surface area contributed by atoms with Crippen molar-refractivity contribution in [2.45, 2.75) is 11.8 Å². The van der Waals surface area contributed by atoms with Crippen molar-refractivity contribution >= 4 is 45.0 Å². The molecule has 0 aliphatic carbocycles. The monoisotopic (exact) mass is 424 g/mol. The molecule has 1 saturated heterocycles. The van der Waals surface area contributed by atoms with E-state index in [2.05, 4.69) is 5.32 Å². The molecule has 0 atom stereocenters. The summed E-state index contributed by atoms with van der Waals surface area (Å²) >= 11 is 8.01. The van der Waals surface area contributed by atoms with Crippen LogP contribution in [0.1, 0.15) is 15.9 Å². The number of halogens is 1. The van der Waals surface area contributed by atoms with Crippen molar-refractivity contribution in [2.75, 3.05) is 29.9 Å². The third-order valence-corrected chi connectivity index (χ3v) is 7.78. The number of amides is 1. The Bertz CT molecular complexity index is 1030. The lowest BCUT2D eigenvalue weighted by Gasteiger charge is -2.26. The van der Waals surface area contributed by atoms with E-state index in [1.54, 1.807) is 23.9 Å². The molecule has 2 aliphatic heterocycles. The molecule has 1 fully saturated rings.